The van der Waals surface area contributed by atoms with E-state index in [2.05, 4.69) is 13.2 Å². The van der Waals surface area contributed by atoms with Gasteiger partial charge in [-0.3, -0.25) is 0 Å². The second kappa shape index (κ2) is 20.3. The Morgan fingerprint density at radius 2 is 0.958 bits per heavy atom. The molecule has 2 aliphatic heterocycles. The summed E-state index contributed by atoms with van der Waals surface area (Å²) in [6.07, 6.45) is 2.62. The van der Waals surface area contributed by atoms with Crippen molar-refractivity contribution in [3.05, 3.63) is 73.8 Å². The first kappa shape index (κ1) is 37.6. The molecule has 2 heterocycles. The summed E-state index contributed by atoms with van der Waals surface area (Å²) in [4.78, 5) is 48.6. The molecule has 0 radical (unpaired) electrons. The smallest absolute Gasteiger partial charge is 0.330 e. The van der Waals surface area contributed by atoms with Crippen LogP contribution >= 0.6 is 47.0 Å². The van der Waals surface area contributed by atoms with Crippen molar-refractivity contribution in [2.75, 3.05) is 49.4 Å². The molecule has 0 bridgehead atoms. The first-order valence-electron chi connectivity index (χ1n) is 15.3. The average molecular weight is 735 g/mol. The molecular weight excluding hydrogens is 697 g/mol. The Morgan fingerprint density at radius 3 is 1.29 bits per heavy atom. The third-order valence-corrected chi connectivity index (χ3v) is 12.4. The minimum absolute atomic E-state index is 0.00991. The second-order valence-electron chi connectivity index (χ2n) is 10.3. The number of hydrogen-bond donors (Lipinski definition) is 0. The van der Waals surface area contributed by atoms with Gasteiger partial charge in [0.1, 0.15) is 47.1 Å². The van der Waals surface area contributed by atoms with Gasteiger partial charge in [0.25, 0.3) is 0 Å². The van der Waals surface area contributed by atoms with Gasteiger partial charge >= 0.3 is 23.9 Å². The van der Waals surface area contributed by atoms with Crippen molar-refractivity contribution in [1.82, 2.24) is 0 Å². The molecule has 258 valence electrons. The highest BCUT2D eigenvalue weighted by atomic mass is 32.2. The third-order valence-electron chi connectivity index (χ3n) is 6.67. The molecule has 4 rings (SSSR count). The van der Waals surface area contributed by atoms with Crippen molar-refractivity contribution in [3.63, 3.8) is 0 Å². The van der Waals surface area contributed by atoms with Crippen molar-refractivity contribution in [3.8, 4) is 22.6 Å². The summed E-state index contributed by atoms with van der Waals surface area (Å²) in [5, 5.41) is 0. The molecule has 0 saturated carbocycles. The molecular formula is C34H38O10S4. The number of esters is 4. The van der Waals surface area contributed by atoms with Crippen LogP contribution in [0.5, 0.6) is 11.5 Å². The molecule has 10 nitrogen and oxygen atoms in total. The van der Waals surface area contributed by atoms with E-state index in [1.807, 2.05) is 24.3 Å². The van der Waals surface area contributed by atoms with Gasteiger partial charge in [0.05, 0.1) is 0 Å². The molecule has 0 spiro atoms. The van der Waals surface area contributed by atoms with Gasteiger partial charge in [0.15, 0.2) is 12.2 Å². The second-order valence-corrected chi connectivity index (χ2v) is 15.8. The molecule has 2 fully saturated rings. The normalized spacial score (nSPS) is 16.4. The van der Waals surface area contributed by atoms with E-state index in [0.717, 1.165) is 59.1 Å². The molecule has 2 aromatic rings. The van der Waals surface area contributed by atoms with Gasteiger partial charge in [-0.25, -0.2) is 19.2 Å². The minimum atomic E-state index is -0.799. The monoisotopic (exact) mass is 734 g/mol. The Labute approximate surface area is 297 Å². The number of thioether (sulfide) groups is 4. The van der Waals surface area contributed by atoms with E-state index in [-0.39, 0.29) is 47.5 Å². The van der Waals surface area contributed by atoms with E-state index in [4.69, 9.17) is 28.4 Å². The zero-order valence-electron chi connectivity index (χ0n) is 26.3. The van der Waals surface area contributed by atoms with Crippen LogP contribution in [0.1, 0.15) is 12.8 Å². The lowest BCUT2D eigenvalue weighted by molar-refractivity contribution is -0.156. The lowest BCUT2D eigenvalue weighted by Crippen LogP contribution is -2.32. The van der Waals surface area contributed by atoms with Gasteiger partial charge in [-0.05, 0) is 71.2 Å². The predicted octanol–water partition coefficient (Wildman–Crippen LogP) is 5.79. The first-order valence-corrected chi connectivity index (χ1v) is 19.5. The van der Waals surface area contributed by atoms with E-state index in [1.54, 1.807) is 71.3 Å². The van der Waals surface area contributed by atoms with Crippen molar-refractivity contribution in [2.45, 2.75) is 34.2 Å². The van der Waals surface area contributed by atoms with Gasteiger partial charge in [0, 0.05) is 12.2 Å². The zero-order valence-corrected chi connectivity index (χ0v) is 29.5. The minimum Gasteiger partial charge on any atom is -0.490 e. The number of carbonyl (C=O) groups excluding carboxylic acids is 4. The number of rotatable bonds is 17. The topological polar surface area (TPSA) is 124 Å². The fourth-order valence-corrected chi connectivity index (χ4v) is 9.46. The SMILES string of the molecule is C=CC(=O)OC(COC(=O)C1SCCCS1)COc1ccc(-c2ccc(OCC(COC(=O)C3SCCCS3)OC(=O)C=C)cc2)cc1. The van der Waals surface area contributed by atoms with E-state index in [1.165, 1.54) is 0 Å². The van der Waals surface area contributed by atoms with Crippen molar-refractivity contribution >= 4 is 70.9 Å². The van der Waals surface area contributed by atoms with Gasteiger partial charge < -0.3 is 28.4 Å². The van der Waals surface area contributed by atoms with Crippen LogP contribution in [0.3, 0.4) is 0 Å². The zero-order chi connectivity index (χ0) is 34.1. The fraction of sp³-hybridized carbons (Fsp3) is 0.412. The van der Waals surface area contributed by atoms with Crippen molar-refractivity contribution in [1.29, 1.82) is 0 Å². The maximum absolute atomic E-state index is 12.4. The Morgan fingerprint density at radius 1 is 0.604 bits per heavy atom. The predicted molar refractivity (Wildman–Crippen MR) is 192 cm³/mol. The van der Waals surface area contributed by atoms with Gasteiger partial charge in [0.2, 0.25) is 0 Å². The molecule has 0 aromatic heterocycles. The lowest BCUT2D eigenvalue weighted by Gasteiger charge is -2.22. The molecule has 0 amide bonds. The van der Waals surface area contributed by atoms with E-state index >= 15 is 0 Å². The molecule has 2 aromatic carbocycles. The van der Waals surface area contributed by atoms with Crippen LogP contribution in [0.4, 0.5) is 0 Å². The Balaban J connectivity index is 1.26. The largest absolute Gasteiger partial charge is 0.490 e. The number of hydrogen-bond acceptors (Lipinski definition) is 14. The Hall–Kier alpha value is -3.20. The van der Waals surface area contributed by atoms with Crippen LogP contribution in [-0.2, 0) is 38.1 Å². The van der Waals surface area contributed by atoms with E-state index < -0.39 is 24.1 Å². The number of carbonyl (C=O) groups is 4. The third kappa shape index (κ3) is 12.7. The van der Waals surface area contributed by atoms with E-state index in [0.29, 0.717) is 11.5 Å². The Kier molecular flexibility index (Phi) is 15.9. The van der Waals surface area contributed by atoms with Gasteiger partial charge in [-0.1, -0.05) is 37.4 Å². The van der Waals surface area contributed by atoms with Crippen LogP contribution in [0.2, 0.25) is 0 Å². The van der Waals surface area contributed by atoms with Crippen LogP contribution in [-0.4, -0.2) is 94.7 Å². The highest BCUT2D eigenvalue weighted by molar-refractivity contribution is 8.19. The van der Waals surface area contributed by atoms with E-state index in [9.17, 15) is 19.2 Å². The first-order chi connectivity index (χ1) is 23.3. The standard InChI is InChI=1S/C34H38O10S4/c1-3-29(35)43-27(21-41-31(37)33-45-15-5-16-46-33)19-39-25-11-7-23(8-12-25)24-9-13-26(14-10-24)40-20-28(44-30(36)4-2)22-42-32(38)34-47-17-6-18-48-34/h3-4,7-14,27-28,33-34H,1-2,5-6,15-22H2. The van der Waals surface area contributed by atoms with Crippen molar-refractivity contribution < 1.29 is 47.6 Å². The maximum atomic E-state index is 12.4. The van der Waals surface area contributed by atoms with Crippen molar-refractivity contribution in [2.24, 2.45) is 0 Å². The number of benzene rings is 2. The molecule has 0 aliphatic carbocycles. The summed E-state index contributed by atoms with van der Waals surface area (Å²) in [5.74, 6) is 2.79. The lowest BCUT2D eigenvalue weighted by atomic mass is 10.1. The van der Waals surface area contributed by atoms with Crippen LogP contribution < -0.4 is 9.47 Å². The molecule has 2 aliphatic rings. The highest BCUT2D eigenvalue weighted by Crippen LogP contribution is 2.32. The number of ether oxygens (including phenoxy) is 6. The van der Waals surface area contributed by atoms with Crippen LogP contribution in [0.25, 0.3) is 11.1 Å². The molecule has 2 unspecified atom stereocenters. The molecule has 0 N–H and O–H groups in total. The van der Waals surface area contributed by atoms with Gasteiger partial charge in [-0.15, -0.1) is 47.0 Å². The van der Waals surface area contributed by atoms with Gasteiger partial charge in [-0.2, -0.15) is 0 Å². The Bertz CT molecular complexity index is 1270. The summed E-state index contributed by atoms with van der Waals surface area (Å²) in [7, 11) is 0. The molecule has 2 atom stereocenters. The highest BCUT2D eigenvalue weighted by Gasteiger charge is 2.27. The van der Waals surface area contributed by atoms with Crippen LogP contribution in [0, 0.1) is 0 Å². The van der Waals surface area contributed by atoms with Crippen LogP contribution in [0.15, 0.2) is 73.8 Å². The summed E-state index contributed by atoms with van der Waals surface area (Å²) in [5.41, 5.74) is 1.84. The summed E-state index contributed by atoms with van der Waals surface area (Å²) in [6, 6.07) is 14.7. The maximum Gasteiger partial charge on any atom is 0.330 e. The summed E-state index contributed by atoms with van der Waals surface area (Å²) >= 11 is 6.22. The quantitative estimate of drug-likeness (QED) is 0.111. The fourth-order valence-electron chi connectivity index (χ4n) is 4.26. The average Bonchev–Trinajstić information content (AvgIpc) is 3.14. The molecule has 14 heteroatoms. The summed E-state index contributed by atoms with van der Waals surface area (Å²) in [6.45, 7) is 6.59. The molecule has 2 saturated heterocycles. The summed E-state index contributed by atoms with van der Waals surface area (Å²) < 4.78 is 32.7. The molecule has 48 heavy (non-hydrogen) atoms.